The van der Waals surface area contributed by atoms with Crippen LogP contribution >= 0.6 is 12.4 Å². The van der Waals surface area contributed by atoms with Crippen molar-refractivity contribution >= 4 is 18.3 Å². The molecule has 1 aromatic rings. The smallest absolute Gasteiger partial charge is 0.387 e. The topological polar surface area (TPSA) is 59.6 Å². The average molecular weight is 311 g/mol. The summed E-state index contributed by atoms with van der Waals surface area (Å²) in [6.45, 7) is -2.08. The molecule has 0 aromatic heterocycles. The number of nitrogens with one attached hydrogen (secondary N) is 2. The molecule has 1 amide bonds. The molecule has 0 heterocycles. The first-order valence-electron chi connectivity index (χ1n) is 5.64. The van der Waals surface area contributed by atoms with Gasteiger partial charge in [-0.1, -0.05) is 6.07 Å². The number of halogens is 3. The van der Waals surface area contributed by atoms with E-state index in [1.807, 2.05) is 0 Å². The van der Waals surface area contributed by atoms with Gasteiger partial charge in [0, 0.05) is 13.1 Å². The van der Waals surface area contributed by atoms with Crippen LogP contribution in [0.25, 0.3) is 0 Å². The summed E-state index contributed by atoms with van der Waals surface area (Å²) in [5.74, 6) is -0.673. The Kier molecular flexibility index (Phi) is 8.58. The number of likely N-dealkylation sites (N-methyl/N-ethyl adjacent to an activating group) is 1. The lowest BCUT2D eigenvalue weighted by Crippen LogP contribution is -2.30. The number of para-hydroxylation sites is 1. The highest BCUT2D eigenvalue weighted by atomic mass is 35.5. The third-order valence-corrected chi connectivity index (χ3v) is 2.31. The van der Waals surface area contributed by atoms with Crippen LogP contribution in [-0.2, 0) is 0 Å². The molecule has 0 aliphatic carbocycles. The van der Waals surface area contributed by atoms with Gasteiger partial charge < -0.3 is 20.1 Å². The summed E-state index contributed by atoms with van der Waals surface area (Å²) < 4.78 is 34.0. The fraction of sp³-hybridized carbons (Fsp3) is 0.417. The van der Waals surface area contributed by atoms with E-state index in [1.54, 1.807) is 7.05 Å². The Hall–Kier alpha value is -1.60. The molecule has 0 unspecified atom stereocenters. The maximum atomic E-state index is 12.4. The van der Waals surface area contributed by atoms with Crippen molar-refractivity contribution in [3.8, 4) is 11.5 Å². The molecule has 1 aromatic carbocycles. The van der Waals surface area contributed by atoms with E-state index < -0.39 is 12.5 Å². The predicted molar refractivity (Wildman–Crippen MR) is 73.1 cm³/mol. The van der Waals surface area contributed by atoms with Crippen LogP contribution in [0, 0.1) is 0 Å². The molecule has 0 saturated heterocycles. The largest absolute Gasteiger partial charge is 0.493 e. The van der Waals surface area contributed by atoms with Crippen LogP contribution in [0.15, 0.2) is 18.2 Å². The molecule has 20 heavy (non-hydrogen) atoms. The van der Waals surface area contributed by atoms with Crippen molar-refractivity contribution in [1.82, 2.24) is 10.6 Å². The van der Waals surface area contributed by atoms with Gasteiger partial charge in [0.25, 0.3) is 5.91 Å². The van der Waals surface area contributed by atoms with Crippen LogP contribution < -0.4 is 20.1 Å². The van der Waals surface area contributed by atoms with Gasteiger partial charge in [-0.2, -0.15) is 8.78 Å². The first-order chi connectivity index (χ1) is 9.10. The highest BCUT2D eigenvalue weighted by Crippen LogP contribution is 2.32. The third-order valence-electron chi connectivity index (χ3n) is 2.31. The molecule has 114 valence electrons. The van der Waals surface area contributed by atoms with Gasteiger partial charge in [-0.15, -0.1) is 12.4 Å². The lowest BCUT2D eigenvalue weighted by Gasteiger charge is -2.14. The average Bonchev–Trinajstić information content (AvgIpc) is 2.38. The van der Waals surface area contributed by atoms with E-state index >= 15 is 0 Å². The molecule has 5 nitrogen and oxygen atoms in total. The van der Waals surface area contributed by atoms with Crippen LogP contribution in [0.5, 0.6) is 11.5 Å². The van der Waals surface area contributed by atoms with E-state index in [4.69, 9.17) is 4.74 Å². The zero-order valence-corrected chi connectivity index (χ0v) is 11.9. The van der Waals surface area contributed by atoms with Crippen LogP contribution in [0.2, 0.25) is 0 Å². The summed E-state index contributed by atoms with van der Waals surface area (Å²) in [4.78, 5) is 11.9. The number of hydrogen-bond donors (Lipinski definition) is 2. The lowest BCUT2D eigenvalue weighted by atomic mass is 10.1. The number of alkyl halides is 2. The Morgan fingerprint density at radius 1 is 1.35 bits per heavy atom. The third kappa shape index (κ3) is 5.18. The lowest BCUT2D eigenvalue weighted by molar-refractivity contribution is -0.0515. The zero-order valence-electron chi connectivity index (χ0n) is 11.1. The minimum absolute atomic E-state index is 0. The summed E-state index contributed by atoms with van der Waals surface area (Å²) >= 11 is 0. The van der Waals surface area contributed by atoms with Crippen LogP contribution in [-0.4, -0.2) is 39.8 Å². The second-order valence-electron chi connectivity index (χ2n) is 3.57. The molecule has 0 aliphatic rings. The normalized spacial score (nSPS) is 9.85. The molecule has 0 saturated carbocycles. The van der Waals surface area contributed by atoms with E-state index in [1.165, 1.54) is 25.3 Å². The summed E-state index contributed by atoms with van der Waals surface area (Å²) in [5.41, 5.74) is 0.00996. The highest BCUT2D eigenvalue weighted by Gasteiger charge is 2.19. The predicted octanol–water partition coefficient (Wildman–Crippen LogP) is 1.67. The maximum Gasteiger partial charge on any atom is 0.387 e. The first-order valence-corrected chi connectivity index (χ1v) is 5.64. The summed E-state index contributed by atoms with van der Waals surface area (Å²) in [6.07, 6.45) is 0. The second-order valence-corrected chi connectivity index (χ2v) is 3.57. The number of carbonyl (C=O) groups excluding carboxylic acids is 1. The monoisotopic (exact) mass is 310 g/mol. The fourth-order valence-electron chi connectivity index (χ4n) is 1.46. The van der Waals surface area contributed by atoms with Crippen LogP contribution in [0.1, 0.15) is 10.4 Å². The molecule has 0 radical (unpaired) electrons. The van der Waals surface area contributed by atoms with Gasteiger partial charge in [0.15, 0.2) is 11.5 Å². The minimum atomic E-state index is -3.03. The number of rotatable bonds is 7. The van der Waals surface area contributed by atoms with Crippen LogP contribution in [0.3, 0.4) is 0 Å². The van der Waals surface area contributed by atoms with Crippen molar-refractivity contribution in [3.05, 3.63) is 23.8 Å². The van der Waals surface area contributed by atoms with E-state index in [2.05, 4.69) is 15.4 Å². The standard InChI is InChI=1S/C12H16F2N2O3.ClH/c1-15-6-7-16-11(17)8-4-3-5-9(18-2)10(8)19-12(13)14;/h3-5,12,15H,6-7H2,1-2H3,(H,16,17);1H. The molecule has 1 rings (SSSR count). The van der Waals surface area contributed by atoms with Gasteiger partial charge >= 0.3 is 6.61 Å². The van der Waals surface area contributed by atoms with Gasteiger partial charge in [0.05, 0.1) is 12.7 Å². The molecular formula is C12H17ClF2N2O3. The Bertz CT molecular complexity index is 433. The van der Waals surface area contributed by atoms with E-state index in [9.17, 15) is 13.6 Å². The van der Waals surface area contributed by atoms with Crippen molar-refractivity contribution in [1.29, 1.82) is 0 Å². The zero-order chi connectivity index (χ0) is 14.3. The van der Waals surface area contributed by atoms with Gasteiger partial charge in [-0.25, -0.2) is 0 Å². The fourth-order valence-corrected chi connectivity index (χ4v) is 1.46. The quantitative estimate of drug-likeness (QED) is 0.752. The number of amides is 1. The van der Waals surface area contributed by atoms with E-state index in [-0.39, 0.29) is 29.5 Å². The van der Waals surface area contributed by atoms with Gasteiger partial charge in [-0.3, -0.25) is 4.79 Å². The van der Waals surface area contributed by atoms with Crippen molar-refractivity contribution in [2.24, 2.45) is 0 Å². The molecule has 0 aliphatic heterocycles. The maximum absolute atomic E-state index is 12.4. The molecule has 0 fully saturated rings. The Labute approximate surface area is 122 Å². The van der Waals surface area contributed by atoms with E-state index in [0.29, 0.717) is 13.1 Å². The van der Waals surface area contributed by atoms with Crippen molar-refractivity contribution in [2.75, 3.05) is 27.2 Å². The van der Waals surface area contributed by atoms with Crippen molar-refractivity contribution < 1.29 is 23.0 Å². The molecule has 0 atom stereocenters. The number of carbonyl (C=O) groups is 1. The SMILES string of the molecule is CNCCNC(=O)c1cccc(OC)c1OC(F)F.Cl. The minimum Gasteiger partial charge on any atom is -0.493 e. The number of ether oxygens (including phenoxy) is 2. The Morgan fingerprint density at radius 2 is 2.05 bits per heavy atom. The van der Waals surface area contributed by atoms with Gasteiger partial charge in [0.2, 0.25) is 0 Å². The van der Waals surface area contributed by atoms with Crippen molar-refractivity contribution in [3.63, 3.8) is 0 Å². The number of methoxy groups -OCH3 is 1. The number of benzene rings is 1. The van der Waals surface area contributed by atoms with Gasteiger partial charge in [0.1, 0.15) is 0 Å². The molecule has 0 bridgehead atoms. The molecular weight excluding hydrogens is 294 g/mol. The Morgan fingerprint density at radius 3 is 2.60 bits per heavy atom. The Balaban J connectivity index is 0.00000361. The van der Waals surface area contributed by atoms with Crippen molar-refractivity contribution in [2.45, 2.75) is 6.61 Å². The first kappa shape index (κ1) is 18.4. The number of hydrogen-bond acceptors (Lipinski definition) is 4. The summed E-state index contributed by atoms with van der Waals surface area (Å²) in [7, 11) is 3.05. The molecule has 0 spiro atoms. The summed E-state index contributed by atoms with van der Waals surface area (Å²) in [6, 6.07) is 4.38. The second kappa shape index (κ2) is 9.33. The van der Waals surface area contributed by atoms with E-state index in [0.717, 1.165) is 0 Å². The van der Waals surface area contributed by atoms with Crippen LogP contribution in [0.4, 0.5) is 8.78 Å². The van der Waals surface area contributed by atoms with Gasteiger partial charge in [-0.05, 0) is 19.2 Å². The summed E-state index contributed by atoms with van der Waals surface area (Å²) in [5, 5.41) is 5.44. The molecule has 8 heteroatoms. The highest BCUT2D eigenvalue weighted by molar-refractivity contribution is 5.97. The molecule has 2 N–H and O–H groups in total.